The van der Waals surface area contributed by atoms with Gasteiger partial charge in [-0.3, -0.25) is 4.79 Å². The van der Waals surface area contributed by atoms with E-state index in [4.69, 9.17) is 21.1 Å². The predicted octanol–water partition coefficient (Wildman–Crippen LogP) is 3.59. The summed E-state index contributed by atoms with van der Waals surface area (Å²) in [5.41, 5.74) is 2.70. The zero-order chi connectivity index (χ0) is 20.0. The van der Waals surface area contributed by atoms with Crippen LogP contribution in [0.25, 0.3) is 0 Å². The molecule has 0 radical (unpaired) electrons. The maximum Gasteiger partial charge on any atom is 0.255 e. The van der Waals surface area contributed by atoms with Crippen LogP contribution in [0.2, 0.25) is 5.02 Å². The normalized spacial score (nSPS) is 17.0. The number of ether oxygens (including phenoxy) is 2. The summed E-state index contributed by atoms with van der Waals surface area (Å²) in [7, 11) is 0. The van der Waals surface area contributed by atoms with E-state index in [9.17, 15) is 4.79 Å². The number of allylic oxidation sites excluding steroid dienone is 1. The Morgan fingerprint density at radius 1 is 1.21 bits per heavy atom. The van der Waals surface area contributed by atoms with Crippen LogP contribution in [0.4, 0.5) is 11.6 Å². The Balaban J connectivity index is 1.56. The molecule has 2 aliphatic rings. The minimum atomic E-state index is -0.476. The van der Waals surface area contributed by atoms with E-state index in [1.165, 1.54) is 6.33 Å². The molecule has 1 atom stereocenters. The summed E-state index contributed by atoms with van der Waals surface area (Å²) in [4.78, 5) is 17.5. The Hall–Kier alpha value is -3.52. The van der Waals surface area contributed by atoms with E-state index < -0.39 is 6.04 Å². The monoisotopic (exact) mass is 409 g/mol. The summed E-state index contributed by atoms with van der Waals surface area (Å²) in [6.45, 7) is 2.02. The Morgan fingerprint density at radius 3 is 2.83 bits per heavy atom. The fourth-order valence-corrected chi connectivity index (χ4v) is 3.63. The molecule has 5 rings (SSSR count). The quantitative estimate of drug-likeness (QED) is 0.687. The summed E-state index contributed by atoms with van der Waals surface area (Å²) in [5.74, 6) is 1.63. The average molecular weight is 410 g/mol. The van der Waals surface area contributed by atoms with Crippen LogP contribution in [-0.4, -0.2) is 27.5 Å². The van der Waals surface area contributed by atoms with Gasteiger partial charge in [-0.15, -0.1) is 0 Å². The first kappa shape index (κ1) is 17.6. The molecule has 3 heterocycles. The lowest BCUT2D eigenvalue weighted by molar-refractivity contribution is -0.113. The maximum absolute atomic E-state index is 13.3. The van der Waals surface area contributed by atoms with Gasteiger partial charge in [0.15, 0.2) is 11.5 Å². The fourth-order valence-electron chi connectivity index (χ4n) is 3.51. The third-order valence-corrected chi connectivity index (χ3v) is 5.11. The lowest BCUT2D eigenvalue weighted by Gasteiger charge is -2.28. The topological polar surface area (TPSA) is 90.3 Å². The van der Waals surface area contributed by atoms with Crippen molar-refractivity contribution in [1.29, 1.82) is 0 Å². The van der Waals surface area contributed by atoms with Crippen molar-refractivity contribution in [2.24, 2.45) is 0 Å². The van der Waals surface area contributed by atoms with Gasteiger partial charge in [-0.1, -0.05) is 17.7 Å². The van der Waals surface area contributed by atoms with Crippen LogP contribution in [0.15, 0.2) is 60.1 Å². The van der Waals surface area contributed by atoms with Crippen molar-refractivity contribution in [3.8, 4) is 11.5 Å². The zero-order valence-corrected chi connectivity index (χ0v) is 16.1. The molecule has 1 unspecified atom stereocenters. The summed E-state index contributed by atoms with van der Waals surface area (Å²) in [5, 5.41) is 11.0. The summed E-state index contributed by atoms with van der Waals surface area (Å²) >= 11 is 5.94. The average Bonchev–Trinajstić information content (AvgIpc) is 3.36. The van der Waals surface area contributed by atoms with Crippen LogP contribution in [0.3, 0.4) is 0 Å². The highest BCUT2D eigenvalue weighted by atomic mass is 35.5. The van der Waals surface area contributed by atoms with Crippen molar-refractivity contribution < 1.29 is 14.3 Å². The Labute approximate surface area is 171 Å². The van der Waals surface area contributed by atoms with E-state index in [1.807, 2.05) is 25.1 Å². The molecular weight excluding hydrogens is 394 g/mol. The number of nitrogens with zero attached hydrogens (tertiary/aromatic N) is 3. The van der Waals surface area contributed by atoms with Gasteiger partial charge < -0.3 is 20.1 Å². The van der Waals surface area contributed by atoms with E-state index in [1.54, 1.807) is 28.9 Å². The van der Waals surface area contributed by atoms with Crippen LogP contribution < -0.4 is 20.1 Å². The SMILES string of the molecule is CC1=C(C(=O)Nc2ccc(Cl)cc2)C(c2ccc3c(c2)OCO3)n2ncnc2N1. The van der Waals surface area contributed by atoms with E-state index >= 15 is 0 Å². The number of amides is 1. The fraction of sp³-hybridized carbons (Fsp3) is 0.150. The number of nitrogens with one attached hydrogen (secondary N) is 2. The number of fused-ring (bicyclic) bond motifs is 2. The highest BCUT2D eigenvalue weighted by Gasteiger charge is 2.34. The molecular formula is C20H16ClN5O3. The molecule has 146 valence electrons. The molecule has 0 saturated heterocycles. The van der Waals surface area contributed by atoms with Gasteiger partial charge in [0.05, 0.1) is 5.57 Å². The van der Waals surface area contributed by atoms with Gasteiger partial charge in [-0.05, 0) is 48.9 Å². The van der Waals surface area contributed by atoms with Crippen molar-refractivity contribution in [2.75, 3.05) is 17.4 Å². The van der Waals surface area contributed by atoms with Gasteiger partial charge in [0.2, 0.25) is 12.7 Å². The third kappa shape index (κ3) is 3.07. The second kappa shape index (κ2) is 6.82. The van der Waals surface area contributed by atoms with Crippen molar-refractivity contribution in [2.45, 2.75) is 13.0 Å². The van der Waals surface area contributed by atoms with Crippen LogP contribution >= 0.6 is 11.6 Å². The second-order valence-corrected chi connectivity index (χ2v) is 7.10. The highest BCUT2D eigenvalue weighted by Crippen LogP contribution is 2.40. The van der Waals surface area contributed by atoms with Gasteiger partial charge >= 0.3 is 0 Å². The number of rotatable bonds is 3. The number of anilines is 2. The predicted molar refractivity (Wildman–Crippen MR) is 107 cm³/mol. The molecule has 1 aromatic heterocycles. The Morgan fingerprint density at radius 2 is 2.00 bits per heavy atom. The van der Waals surface area contributed by atoms with Gasteiger partial charge in [-0.2, -0.15) is 10.1 Å². The molecule has 2 aliphatic heterocycles. The number of carbonyl (C=O) groups is 1. The lowest BCUT2D eigenvalue weighted by Crippen LogP contribution is -2.31. The van der Waals surface area contributed by atoms with Crippen molar-refractivity contribution in [1.82, 2.24) is 14.8 Å². The molecule has 0 aliphatic carbocycles. The number of aromatic nitrogens is 3. The Kier molecular flexibility index (Phi) is 4.13. The molecule has 8 nitrogen and oxygen atoms in total. The minimum absolute atomic E-state index is 0.179. The molecule has 0 spiro atoms. The van der Waals surface area contributed by atoms with E-state index in [0.29, 0.717) is 39.4 Å². The van der Waals surface area contributed by atoms with Crippen LogP contribution in [-0.2, 0) is 4.79 Å². The minimum Gasteiger partial charge on any atom is -0.454 e. The molecule has 3 aromatic rings. The number of benzene rings is 2. The second-order valence-electron chi connectivity index (χ2n) is 6.67. The smallest absolute Gasteiger partial charge is 0.255 e. The first-order valence-corrected chi connectivity index (χ1v) is 9.32. The number of hydrogen-bond acceptors (Lipinski definition) is 6. The number of hydrogen-bond donors (Lipinski definition) is 2. The molecule has 2 N–H and O–H groups in total. The molecule has 1 amide bonds. The molecule has 29 heavy (non-hydrogen) atoms. The van der Waals surface area contributed by atoms with Gasteiger partial charge in [0.1, 0.15) is 12.4 Å². The number of halogens is 1. The highest BCUT2D eigenvalue weighted by molar-refractivity contribution is 6.30. The van der Waals surface area contributed by atoms with E-state index in [2.05, 4.69) is 20.7 Å². The van der Waals surface area contributed by atoms with Crippen molar-refractivity contribution >= 4 is 29.1 Å². The first-order valence-electron chi connectivity index (χ1n) is 8.94. The molecule has 2 aromatic carbocycles. The summed E-state index contributed by atoms with van der Waals surface area (Å²) in [6, 6.07) is 12.1. The van der Waals surface area contributed by atoms with Crippen LogP contribution in [0.1, 0.15) is 18.5 Å². The standard InChI is InChI=1S/C20H16ClN5O3/c1-11-17(19(27)25-14-5-3-13(21)4-6-14)18(26-20(24-11)22-9-23-26)12-2-7-15-16(8-12)29-10-28-15/h2-9,18H,10H2,1H3,(H,25,27)(H,22,23,24). The lowest BCUT2D eigenvalue weighted by atomic mass is 9.94. The summed E-state index contributed by atoms with van der Waals surface area (Å²) in [6.07, 6.45) is 1.45. The van der Waals surface area contributed by atoms with Crippen LogP contribution in [0.5, 0.6) is 11.5 Å². The van der Waals surface area contributed by atoms with Gasteiger partial charge in [-0.25, -0.2) is 4.68 Å². The first-order chi connectivity index (χ1) is 14.1. The molecule has 0 bridgehead atoms. The molecule has 0 fully saturated rings. The van der Waals surface area contributed by atoms with E-state index in [-0.39, 0.29) is 12.7 Å². The van der Waals surface area contributed by atoms with Crippen molar-refractivity contribution in [3.63, 3.8) is 0 Å². The zero-order valence-electron chi connectivity index (χ0n) is 15.3. The third-order valence-electron chi connectivity index (χ3n) is 4.85. The Bertz CT molecular complexity index is 1140. The largest absolute Gasteiger partial charge is 0.454 e. The van der Waals surface area contributed by atoms with Gasteiger partial charge in [0.25, 0.3) is 5.91 Å². The van der Waals surface area contributed by atoms with E-state index in [0.717, 1.165) is 5.56 Å². The maximum atomic E-state index is 13.3. The van der Waals surface area contributed by atoms with Crippen molar-refractivity contribution in [3.05, 3.63) is 70.6 Å². The molecule has 9 heteroatoms. The number of carbonyl (C=O) groups excluding carboxylic acids is 1. The van der Waals surface area contributed by atoms with Gasteiger partial charge in [0, 0.05) is 16.4 Å². The molecule has 0 saturated carbocycles. The van der Waals surface area contributed by atoms with Crippen LogP contribution in [0, 0.1) is 0 Å². The summed E-state index contributed by atoms with van der Waals surface area (Å²) < 4.78 is 12.6.